The van der Waals surface area contributed by atoms with Gasteiger partial charge in [0.25, 0.3) is 5.95 Å². The first kappa shape index (κ1) is 13.9. The molecule has 2 aromatic heterocycles. The van der Waals surface area contributed by atoms with Crippen molar-refractivity contribution in [1.82, 2.24) is 29.7 Å². The summed E-state index contributed by atoms with van der Waals surface area (Å²) in [6.07, 6.45) is 2.86. The summed E-state index contributed by atoms with van der Waals surface area (Å²) in [6.45, 7) is 0. The second-order valence-electron chi connectivity index (χ2n) is 3.91. The van der Waals surface area contributed by atoms with Gasteiger partial charge in [0.1, 0.15) is 12.7 Å². The molecule has 2 heterocycles. The van der Waals surface area contributed by atoms with Gasteiger partial charge in [0.2, 0.25) is 11.9 Å². The van der Waals surface area contributed by atoms with Gasteiger partial charge in [-0.25, -0.2) is 4.98 Å². The van der Waals surface area contributed by atoms with Crippen LogP contribution in [0.2, 0.25) is 5.02 Å². The molecule has 0 saturated carbocycles. The number of rotatable bonds is 3. The lowest BCUT2D eigenvalue weighted by Gasteiger charge is -2.08. The lowest BCUT2D eigenvalue weighted by Crippen LogP contribution is -2.09. The molecule has 0 radical (unpaired) electrons. The zero-order valence-electron chi connectivity index (χ0n) is 10.4. The molecule has 0 unspecified atom stereocenters. The fourth-order valence-electron chi connectivity index (χ4n) is 1.56. The fraction of sp³-hybridized carbons (Fsp3) is 0. The normalized spacial score (nSPS) is 10.6. The van der Waals surface area contributed by atoms with E-state index in [2.05, 4.69) is 52.9 Å². The molecular weight excluding hydrogens is 407 g/mol. The maximum atomic E-state index is 5.93. The van der Waals surface area contributed by atoms with Crippen LogP contribution < -0.4 is 11.1 Å². The number of nitrogens with two attached hydrogens (primary N) is 1. The van der Waals surface area contributed by atoms with Gasteiger partial charge in [-0.3, -0.25) is 0 Å². The van der Waals surface area contributed by atoms with Crippen molar-refractivity contribution in [3.05, 3.63) is 39.4 Å². The quantitative estimate of drug-likeness (QED) is 0.631. The Kier molecular flexibility index (Phi) is 3.84. The summed E-state index contributed by atoms with van der Waals surface area (Å²) in [7, 11) is 0. The van der Waals surface area contributed by atoms with E-state index < -0.39 is 0 Å². The van der Waals surface area contributed by atoms with Gasteiger partial charge in [0.05, 0.1) is 5.69 Å². The number of hydrogen-bond donors (Lipinski definition) is 2. The van der Waals surface area contributed by atoms with E-state index in [-0.39, 0.29) is 11.9 Å². The number of benzene rings is 1. The zero-order chi connectivity index (χ0) is 14.8. The van der Waals surface area contributed by atoms with Gasteiger partial charge in [-0.2, -0.15) is 24.7 Å². The molecule has 0 fully saturated rings. The van der Waals surface area contributed by atoms with Crippen LogP contribution in [0, 0.1) is 3.57 Å². The monoisotopic (exact) mass is 414 g/mol. The van der Waals surface area contributed by atoms with E-state index >= 15 is 0 Å². The van der Waals surface area contributed by atoms with E-state index in [9.17, 15) is 0 Å². The third-order valence-corrected chi connectivity index (χ3v) is 3.57. The maximum Gasteiger partial charge on any atom is 0.258 e. The molecule has 0 aliphatic heterocycles. The van der Waals surface area contributed by atoms with Crippen molar-refractivity contribution in [2.24, 2.45) is 0 Å². The molecule has 1 aromatic carbocycles. The van der Waals surface area contributed by atoms with Crippen molar-refractivity contribution in [3.8, 4) is 5.95 Å². The number of nitrogen functional groups attached to an aromatic ring is 1. The van der Waals surface area contributed by atoms with Gasteiger partial charge in [-0.1, -0.05) is 11.6 Å². The first-order chi connectivity index (χ1) is 10.1. The minimum atomic E-state index is 0.0852. The van der Waals surface area contributed by atoms with Crippen molar-refractivity contribution in [2.45, 2.75) is 0 Å². The Balaban J connectivity index is 1.95. The minimum Gasteiger partial charge on any atom is -0.368 e. The molecule has 0 spiro atoms. The summed E-state index contributed by atoms with van der Waals surface area (Å²) in [6, 6.07) is 5.43. The van der Waals surface area contributed by atoms with Gasteiger partial charge in [-0.05, 0) is 40.8 Å². The number of anilines is 3. The Morgan fingerprint density at radius 2 is 2.10 bits per heavy atom. The predicted octanol–water partition coefficient (Wildman–Crippen LogP) is 2.04. The second-order valence-corrected chi connectivity index (χ2v) is 5.51. The van der Waals surface area contributed by atoms with E-state index in [1.165, 1.54) is 17.3 Å². The highest BCUT2D eigenvalue weighted by atomic mass is 127. The molecule has 8 nitrogen and oxygen atoms in total. The molecule has 0 bridgehead atoms. The summed E-state index contributed by atoms with van der Waals surface area (Å²) >= 11 is 8.09. The van der Waals surface area contributed by atoms with Crippen LogP contribution in [-0.4, -0.2) is 29.7 Å². The van der Waals surface area contributed by atoms with Crippen LogP contribution in [0.15, 0.2) is 30.9 Å². The maximum absolute atomic E-state index is 5.93. The van der Waals surface area contributed by atoms with Crippen LogP contribution in [-0.2, 0) is 0 Å². The number of nitrogens with one attached hydrogen (secondary N) is 1. The smallest absolute Gasteiger partial charge is 0.258 e. The van der Waals surface area contributed by atoms with Gasteiger partial charge >= 0.3 is 0 Å². The molecule has 10 heteroatoms. The highest BCUT2D eigenvalue weighted by Gasteiger charge is 2.09. The van der Waals surface area contributed by atoms with Gasteiger partial charge in [-0.15, -0.1) is 0 Å². The lowest BCUT2D eigenvalue weighted by molar-refractivity contribution is 0.800. The summed E-state index contributed by atoms with van der Waals surface area (Å²) in [4.78, 5) is 16.1. The molecule has 0 atom stereocenters. The van der Waals surface area contributed by atoms with Gasteiger partial charge < -0.3 is 11.1 Å². The first-order valence-electron chi connectivity index (χ1n) is 5.70. The van der Waals surface area contributed by atoms with Gasteiger partial charge in [0.15, 0.2) is 0 Å². The van der Waals surface area contributed by atoms with Crippen molar-refractivity contribution in [1.29, 1.82) is 0 Å². The molecule has 0 saturated heterocycles. The standard InChI is InChI=1S/C11H8ClIN8/c12-6-1-2-8(7(13)3-6)17-10-18-9(14)19-11(20-10)21-5-15-4-16-21/h1-5H,(H3,14,17,18,19,20). The molecule has 0 aliphatic rings. The Morgan fingerprint density at radius 1 is 1.24 bits per heavy atom. The molecule has 3 N–H and O–H groups in total. The van der Waals surface area contributed by atoms with Crippen LogP contribution in [0.5, 0.6) is 0 Å². The fourth-order valence-corrected chi connectivity index (χ4v) is 2.57. The van der Waals surface area contributed by atoms with E-state index in [0.29, 0.717) is 11.0 Å². The Morgan fingerprint density at radius 3 is 2.81 bits per heavy atom. The number of aromatic nitrogens is 6. The average molecular weight is 415 g/mol. The van der Waals surface area contributed by atoms with Crippen molar-refractivity contribution < 1.29 is 0 Å². The molecule has 3 aromatic rings. The molecule has 0 amide bonds. The number of hydrogen-bond acceptors (Lipinski definition) is 7. The lowest BCUT2D eigenvalue weighted by atomic mass is 10.3. The average Bonchev–Trinajstić information content (AvgIpc) is 2.95. The zero-order valence-corrected chi connectivity index (χ0v) is 13.3. The molecular formula is C11H8ClIN8. The van der Waals surface area contributed by atoms with Crippen molar-refractivity contribution in [3.63, 3.8) is 0 Å². The van der Waals surface area contributed by atoms with E-state index in [4.69, 9.17) is 17.3 Å². The van der Waals surface area contributed by atoms with Crippen molar-refractivity contribution in [2.75, 3.05) is 11.1 Å². The van der Waals surface area contributed by atoms with E-state index in [0.717, 1.165) is 9.26 Å². The molecule has 21 heavy (non-hydrogen) atoms. The third-order valence-electron chi connectivity index (χ3n) is 2.44. The molecule has 0 aliphatic carbocycles. The Hall–Kier alpha value is -2.01. The van der Waals surface area contributed by atoms with E-state index in [1.54, 1.807) is 6.07 Å². The van der Waals surface area contributed by atoms with Crippen LogP contribution in [0.25, 0.3) is 5.95 Å². The van der Waals surface area contributed by atoms with Gasteiger partial charge in [0, 0.05) is 8.59 Å². The molecule has 3 rings (SSSR count). The van der Waals surface area contributed by atoms with Crippen LogP contribution in [0.1, 0.15) is 0 Å². The second kappa shape index (κ2) is 5.77. The first-order valence-corrected chi connectivity index (χ1v) is 7.16. The predicted molar refractivity (Wildman–Crippen MR) is 86.6 cm³/mol. The third kappa shape index (κ3) is 3.19. The van der Waals surface area contributed by atoms with Crippen LogP contribution >= 0.6 is 34.2 Å². The number of nitrogens with zero attached hydrogens (tertiary/aromatic N) is 6. The largest absolute Gasteiger partial charge is 0.368 e. The van der Waals surface area contributed by atoms with Crippen LogP contribution in [0.4, 0.5) is 17.6 Å². The summed E-state index contributed by atoms with van der Waals surface area (Å²) in [5, 5.41) is 7.68. The summed E-state index contributed by atoms with van der Waals surface area (Å²) < 4.78 is 2.33. The highest BCUT2D eigenvalue weighted by molar-refractivity contribution is 14.1. The van der Waals surface area contributed by atoms with Crippen LogP contribution in [0.3, 0.4) is 0 Å². The minimum absolute atomic E-state index is 0.0852. The van der Waals surface area contributed by atoms with Crippen molar-refractivity contribution >= 4 is 51.8 Å². The summed E-state index contributed by atoms with van der Waals surface area (Å²) in [5.41, 5.74) is 6.51. The SMILES string of the molecule is Nc1nc(Nc2ccc(Cl)cc2I)nc(-n2cncn2)n1. The Labute approximate surface area is 137 Å². The summed E-state index contributed by atoms with van der Waals surface area (Å²) in [5.74, 6) is 0.682. The number of halogens is 2. The topological polar surface area (TPSA) is 107 Å². The van der Waals surface area contributed by atoms with E-state index in [1.807, 2.05) is 12.1 Å². The molecule has 106 valence electrons. The Bertz CT molecular complexity index is 776. The highest BCUT2D eigenvalue weighted by Crippen LogP contribution is 2.24.